The van der Waals surface area contributed by atoms with Crippen LogP contribution in [0.4, 0.5) is 4.39 Å². The monoisotopic (exact) mass is 348 g/mol. The van der Waals surface area contributed by atoms with Crippen LogP contribution < -0.4 is 5.73 Å². The van der Waals surface area contributed by atoms with Crippen molar-refractivity contribution in [2.24, 2.45) is 5.73 Å². The molecular formula is C18H25FN4O2. The number of rotatable bonds is 10. The van der Waals surface area contributed by atoms with Crippen molar-refractivity contribution in [1.29, 1.82) is 0 Å². The summed E-state index contributed by atoms with van der Waals surface area (Å²) in [6.45, 7) is 1.18. The lowest BCUT2D eigenvalue weighted by molar-refractivity contribution is -0.128. The molecule has 1 aromatic heterocycles. The smallest absolute Gasteiger partial charge is 0.254 e. The van der Waals surface area contributed by atoms with Gasteiger partial charge < -0.3 is 10.8 Å². The predicted molar refractivity (Wildman–Crippen MR) is 92.5 cm³/mol. The first-order valence-corrected chi connectivity index (χ1v) is 8.44. The van der Waals surface area contributed by atoms with Crippen LogP contribution in [0.1, 0.15) is 49.9 Å². The van der Waals surface area contributed by atoms with Crippen molar-refractivity contribution in [2.45, 2.75) is 56.7 Å². The van der Waals surface area contributed by atoms with E-state index in [4.69, 9.17) is 5.73 Å². The standard InChI is InChI=1S/C18H25FN4O2/c1-18(19,17(20)25)10-9-14(16-21-12-22-23-16)11-15(24)8-7-13-5-3-2-4-6-13/h2-6,12,14-15,24H,7-11H2,1H3,(H2,20,25)(H,21,22,23). The summed E-state index contributed by atoms with van der Waals surface area (Å²) in [5.74, 6) is -0.616. The lowest BCUT2D eigenvalue weighted by Crippen LogP contribution is -2.37. The van der Waals surface area contributed by atoms with Crippen LogP contribution in [-0.2, 0) is 11.2 Å². The van der Waals surface area contributed by atoms with E-state index in [1.165, 1.54) is 13.3 Å². The summed E-state index contributed by atoms with van der Waals surface area (Å²) in [5, 5.41) is 17.0. The number of hydrogen-bond donors (Lipinski definition) is 3. The van der Waals surface area contributed by atoms with Crippen molar-refractivity contribution in [2.75, 3.05) is 0 Å². The van der Waals surface area contributed by atoms with Gasteiger partial charge in [0.15, 0.2) is 5.67 Å². The van der Waals surface area contributed by atoms with E-state index in [0.29, 0.717) is 25.1 Å². The van der Waals surface area contributed by atoms with Crippen LogP contribution in [0, 0.1) is 0 Å². The average molecular weight is 348 g/mol. The number of aliphatic hydroxyl groups is 1. The second-order valence-corrected chi connectivity index (χ2v) is 6.58. The molecule has 3 atom stereocenters. The molecule has 0 aliphatic rings. The summed E-state index contributed by atoms with van der Waals surface area (Å²) in [5.41, 5.74) is 4.17. The highest BCUT2D eigenvalue weighted by molar-refractivity contribution is 5.82. The lowest BCUT2D eigenvalue weighted by Gasteiger charge is -2.22. The number of carbonyl (C=O) groups is 1. The number of aryl methyl sites for hydroxylation is 1. The number of amides is 1. The topological polar surface area (TPSA) is 105 Å². The Morgan fingerprint density at radius 1 is 1.36 bits per heavy atom. The highest BCUT2D eigenvalue weighted by atomic mass is 19.1. The highest BCUT2D eigenvalue weighted by Crippen LogP contribution is 2.29. The number of aromatic amines is 1. The Balaban J connectivity index is 1.93. The highest BCUT2D eigenvalue weighted by Gasteiger charge is 2.32. The van der Waals surface area contributed by atoms with Crippen LogP contribution in [-0.4, -0.2) is 38.0 Å². The van der Waals surface area contributed by atoms with Crippen LogP contribution in [0.3, 0.4) is 0 Å². The summed E-state index contributed by atoms with van der Waals surface area (Å²) in [4.78, 5) is 15.3. The number of benzene rings is 1. The minimum Gasteiger partial charge on any atom is -0.393 e. The van der Waals surface area contributed by atoms with Gasteiger partial charge in [0.2, 0.25) is 0 Å². The molecule has 0 saturated carbocycles. The van der Waals surface area contributed by atoms with Crippen LogP contribution in [0.25, 0.3) is 0 Å². The van der Waals surface area contributed by atoms with Crippen molar-refractivity contribution in [1.82, 2.24) is 15.2 Å². The number of hydrogen-bond acceptors (Lipinski definition) is 4. The van der Waals surface area contributed by atoms with Crippen molar-refractivity contribution < 1.29 is 14.3 Å². The maximum absolute atomic E-state index is 14.1. The van der Waals surface area contributed by atoms with E-state index < -0.39 is 17.7 Å². The Morgan fingerprint density at radius 3 is 2.68 bits per heavy atom. The van der Waals surface area contributed by atoms with Crippen LogP contribution in [0.5, 0.6) is 0 Å². The third kappa shape index (κ3) is 5.94. The van der Waals surface area contributed by atoms with E-state index in [0.717, 1.165) is 12.0 Å². The fourth-order valence-corrected chi connectivity index (χ4v) is 2.77. The first-order valence-electron chi connectivity index (χ1n) is 8.44. The van der Waals surface area contributed by atoms with Gasteiger partial charge in [-0.05, 0) is 44.6 Å². The van der Waals surface area contributed by atoms with Gasteiger partial charge in [-0.3, -0.25) is 9.89 Å². The Labute approximate surface area is 146 Å². The molecule has 0 spiro atoms. The number of carbonyl (C=O) groups excluding carboxylic acids is 1. The molecule has 136 valence electrons. The average Bonchev–Trinajstić information content (AvgIpc) is 3.12. The van der Waals surface area contributed by atoms with E-state index in [9.17, 15) is 14.3 Å². The Kier molecular flexibility index (Phi) is 6.64. The number of nitrogens with one attached hydrogen (secondary N) is 1. The molecule has 1 heterocycles. The third-order valence-corrected chi connectivity index (χ3v) is 4.46. The Bertz CT molecular complexity index is 646. The van der Waals surface area contributed by atoms with Crippen molar-refractivity contribution in [3.8, 4) is 0 Å². The molecule has 0 bridgehead atoms. The summed E-state index contributed by atoms with van der Waals surface area (Å²) in [6, 6.07) is 9.91. The molecule has 7 heteroatoms. The zero-order valence-corrected chi connectivity index (χ0v) is 14.4. The SMILES string of the molecule is CC(F)(CCC(CC(O)CCc1ccccc1)c1ncn[nH]1)C(N)=O. The Hall–Kier alpha value is -2.28. The molecule has 0 fully saturated rings. The molecular weight excluding hydrogens is 323 g/mol. The fraction of sp³-hybridized carbons (Fsp3) is 0.500. The molecule has 0 aliphatic heterocycles. The number of nitrogens with two attached hydrogens (primary N) is 1. The zero-order chi connectivity index (χ0) is 18.3. The molecule has 6 nitrogen and oxygen atoms in total. The van der Waals surface area contributed by atoms with Gasteiger partial charge in [-0.2, -0.15) is 5.10 Å². The number of halogens is 1. The van der Waals surface area contributed by atoms with Crippen molar-refractivity contribution >= 4 is 5.91 Å². The van der Waals surface area contributed by atoms with E-state index >= 15 is 0 Å². The molecule has 4 N–H and O–H groups in total. The molecule has 2 rings (SSSR count). The van der Waals surface area contributed by atoms with Gasteiger partial charge in [0, 0.05) is 5.92 Å². The maximum atomic E-state index is 14.1. The summed E-state index contributed by atoms with van der Waals surface area (Å²) in [7, 11) is 0. The van der Waals surface area contributed by atoms with Crippen molar-refractivity contribution in [3.63, 3.8) is 0 Å². The number of nitrogens with zero attached hydrogens (tertiary/aromatic N) is 2. The zero-order valence-electron chi connectivity index (χ0n) is 14.4. The molecule has 25 heavy (non-hydrogen) atoms. The molecule has 0 radical (unpaired) electrons. The first kappa shape index (κ1) is 19.1. The number of H-pyrrole nitrogens is 1. The normalized spacial score (nSPS) is 16.1. The summed E-state index contributed by atoms with van der Waals surface area (Å²) in [6.07, 6.45) is 2.89. The molecule has 1 aromatic carbocycles. The second kappa shape index (κ2) is 8.71. The molecule has 2 aromatic rings. The number of primary amides is 1. The maximum Gasteiger partial charge on any atom is 0.254 e. The number of aliphatic hydroxyl groups excluding tert-OH is 1. The molecule has 0 aliphatic carbocycles. The van der Waals surface area contributed by atoms with E-state index in [-0.39, 0.29) is 12.3 Å². The molecule has 3 unspecified atom stereocenters. The van der Waals surface area contributed by atoms with Crippen molar-refractivity contribution in [3.05, 3.63) is 48.0 Å². The minimum atomic E-state index is -2.08. The molecule has 1 amide bonds. The lowest BCUT2D eigenvalue weighted by atomic mass is 9.89. The van der Waals surface area contributed by atoms with Gasteiger partial charge in [0.05, 0.1) is 6.10 Å². The third-order valence-electron chi connectivity index (χ3n) is 4.46. The second-order valence-electron chi connectivity index (χ2n) is 6.58. The van der Waals surface area contributed by atoms with Gasteiger partial charge in [-0.1, -0.05) is 30.3 Å². The minimum absolute atomic E-state index is 0.0287. The van der Waals surface area contributed by atoms with Crippen LogP contribution in [0.2, 0.25) is 0 Å². The van der Waals surface area contributed by atoms with Gasteiger partial charge >= 0.3 is 0 Å². The number of alkyl halides is 1. The van der Waals surface area contributed by atoms with E-state index in [2.05, 4.69) is 15.2 Å². The largest absolute Gasteiger partial charge is 0.393 e. The van der Waals surface area contributed by atoms with Gasteiger partial charge in [0.25, 0.3) is 5.91 Å². The summed E-state index contributed by atoms with van der Waals surface area (Å²) < 4.78 is 14.1. The quantitative estimate of drug-likeness (QED) is 0.612. The molecule has 0 saturated heterocycles. The van der Waals surface area contributed by atoms with Crippen LogP contribution in [0.15, 0.2) is 36.7 Å². The van der Waals surface area contributed by atoms with Gasteiger partial charge in [0.1, 0.15) is 12.2 Å². The number of aromatic nitrogens is 3. The van der Waals surface area contributed by atoms with E-state index in [1.807, 2.05) is 30.3 Å². The Morgan fingerprint density at radius 2 is 2.08 bits per heavy atom. The predicted octanol–water partition coefficient (Wildman–Crippen LogP) is 2.27. The summed E-state index contributed by atoms with van der Waals surface area (Å²) >= 11 is 0. The van der Waals surface area contributed by atoms with Gasteiger partial charge in [-0.25, -0.2) is 9.37 Å². The first-order chi connectivity index (χ1) is 11.9. The van der Waals surface area contributed by atoms with Crippen LogP contribution >= 0.6 is 0 Å². The van der Waals surface area contributed by atoms with Gasteiger partial charge in [-0.15, -0.1) is 0 Å². The fourth-order valence-electron chi connectivity index (χ4n) is 2.77. The van der Waals surface area contributed by atoms with E-state index in [1.54, 1.807) is 0 Å².